The summed E-state index contributed by atoms with van der Waals surface area (Å²) in [5.74, 6) is -2.91. The molecule has 0 fully saturated rings. The van der Waals surface area contributed by atoms with Crippen molar-refractivity contribution in [2.75, 3.05) is 17.6 Å². The molecule has 1 aromatic rings. The molecule has 0 saturated carbocycles. The maximum atomic E-state index is 11.9. The van der Waals surface area contributed by atoms with Crippen LogP contribution in [0.3, 0.4) is 0 Å². The van der Waals surface area contributed by atoms with E-state index in [2.05, 4.69) is 9.46 Å². The van der Waals surface area contributed by atoms with Crippen molar-refractivity contribution in [2.24, 2.45) is 0 Å². The number of ether oxygens (including phenoxy) is 1. The third-order valence-corrected chi connectivity index (χ3v) is 5.64. The van der Waals surface area contributed by atoms with E-state index in [0.29, 0.717) is 12.0 Å². The third kappa shape index (κ3) is 3.53. The molecule has 0 atom stereocenters. The number of hydrogen-bond donors (Lipinski definition) is 2. The van der Waals surface area contributed by atoms with E-state index < -0.39 is 27.7 Å². The van der Waals surface area contributed by atoms with Gasteiger partial charge in [0.05, 0.1) is 12.7 Å². The fourth-order valence-corrected chi connectivity index (χ4v) is 4.82. The van der Waals surface area contributed by atoms with Gasteiger partial charge in [0.1, 0.15) is 5.00 Å². The molecule has 0 spiro atoms. The zero-order valence-corrected chi connectivity index (χ0v) is 13.0. The summed E-state index contributed by atoms with van der Waals surface area (Å²) in [5.41, 5.74) is 0.706. The van der Waals surface area contributed by atoms with E-state index in [4.69, 9.17) is 0 Å². The van der Waals surface area contributed by atoms with Crippen LogP contribution in [0.5, 0.6) is 0 Å². The molecule has 0 aliphatic heterocycles. The number of carbonyl (C=O) groups excluding carboxylic acids is 1. The van der Waals surface area contributed by atoms with Gasteiger partial charge in [-0.2, -0.15) is 0 Å². The first-order valence-corrected chi connectivity index (χ1v) is 8.76. The first-order chi connectivity index (χ1) is 9.84. The van der Waals surface area contributed by atoms with Crippen molar-refractivity contribution in [3.8, 4) is 0 Å². The zero-order valence-electron chi connectivity index (χ0n) is 11.3. The number of carbonyl (C=O) groups is 2. The van der Waals surface area contributed by atoms with E-state index in [1.165, 1.54) is 0 Å². The molecule has 0 bridgehead atoms. The Balaban J connectivity index is 2.34. The summed E-state index contributed by atoms with van der Waals surface area (Å²) in [6.45, 7) is 0. The van der Waals surface area contributed by atoms with Crippen molar-refractivity contribution in [2.45, 2.75) is 25.7 Å². The van der Waals surface area contributed by atoms with Crippen molar-refractivity contribution in [1.82, 2.24) is 0 Å². The minimum Gasteiger partial charge on any atom is -0.478 e. The van der Waals surface area contributed by atoms with Crippen LogP contribution in [0.25, 0.3) is 0 Å². The molecule has 7 nitrogen and oxygen atoms in total. The number of sulfonamides is 1. The fraction of sp³-hybridized carbons (Fsp3) is 0.500. The lowest BCUT2D eigenvalue weighted by atomic mass is 9.96. The summed E-state index contributed by atoms with van der Waals surface area (Å²) in [5, 5.41) is 9.38. The van der Waals surface area contributed by atoms with Gasteiger partial charge in [-0.05, 0) is 31.2 Å². The average molecular weight is 333 g/mol. The molecule has 2 N–H and O–H groups in total. The number of carboxylic acids is 1. The first kappa shape index (κ1) is 15.8. The highest BCUT2D eigenvalue weighted by Crippen LogP contribution is 2.38. The summed E-state index contributed by atoms with van der Waals surface area (Å²) >= 11 is 1.13. The molecule has 21 heavy (non-hydrogen) atoms. The molecule has 0 aromatic carbocycles. The van der Waals surface area contributed by atoms with E-state index in [0.717, 1.165) is 42.6 Å². The van der Waals surface area contributed by atoms with Gasteiger partial charge in [-0.25, -0.2) is 13.2 Å². The number of anilines is 1. The number of aryl methyl sites for hydroxylation is 1. The van der Waals surface area contributed by atoms with Crippen LogP contribution in [0.15, 0.2) is 0 Å². The smallest absolute Gasteiger partial charge is 0.339 e. The van der Waals surface area contributed by atoms with E-state index in [9.17, 15) is 23.1 Å². The Morgan fingerprint density at radius 3 is 2.62 bits per heavy atom. The summed E-state index contributed by atoms with van der Waals surface area (Å²) in [4.78, 5) is 23.4. The van der Waals surface area contributed by atoms with Gasteiger partial charge in [0.15, 0.2) is 5.75 Å². The quantitative estimate of drug-likeness (QED) is 0.785. The molecule has 116 valence electrons. The highest BCUT2D eigenvalue weighted by molar-refractivity contribution is 7.93. The van der Waals surface area contributed by atoms with Crippen LogP contribution in [0.4, 0.5) is 5.00 Å². The lowest BCUT2D eigenvalue weighted by molar-refractivity contribution is -0.137. The topological polar surface area (TPSA) is 110 Å². The number of thiophene rings is 1. The number of methoxy groups -OCH3 is 1. The standard InChI is InChI=1S/C12H15NO6S2/c1-19-9(14)6-21(17,18)13-11-10(12(15)16)7-4-2-3-5-8(7)20-11/h13H,2-6H2,1H3,(H,15,16). The summed E-state index contributed by atoms with van der Waals surface area (Å²) in [6, 6.07) is 0. The molecule has 1 aromatic heterocycles. The van der Waals surface area contributed by atoms with Crippen LogP contribution >= 0.6 is 11.3 Å². The van der Waals surface area contributed by atoms with Crippen molar-refractivity contribution >= 4 is 38.3 Å². The average Bonchev–Trinajstić information content (AvgIpc) is 2.74. The minimum absolute atomic E-state index is 0.00291. The molecule has 0 radical (unpaired) electrons. The van der Waals surface area contributed by atoms with Gasteiger partial charge >= 0.3 is 11.9 Å². The van der Waals surface area contributed by atoms with E-state index in [1.807, 2.05) is 0 Å². The van der Waals surface area contributed by atoms with Gasteiger partial charge in [-0.15, -0.1) is 11.3 Å². The van der Waals surface area contributed by atoms with Crippen LogP contribution in [-0.4, -0.2) is 38.3 Å². The molecule has 2 rings (SSSR count). The predicted octanol–water partition coefficient (Wildman–Crippen LogP) is 1.24. The lowest BCUT2D eigenvalue weighted by Crippen LogP contribution is -2.24. The Morgan fingerprint density at radius 1 is 1.33 bits per heavy atom. The van der Waals surface area contributed by atoms with Crippen molar-refractivity contribution in [1.29, 1.82) is 0 Å². The number of aromatic carboxylic acids is 1. The zero-order chi connectivity index (χ0) is 15.6. The minimum atomic E-state index is -3.98. The molecule has 0 saturated heterocycles. The van der Waals surface area contributed by atoms with Gasteiger partial charge in [-0.3, -0.25) is 9.52 Å². The molecule has 0 unspecified atom stereocenters. The molecular formula is C12H15NO6S2. The number of nitrogens with one attached hydrogen (secondary N) is 1. The largest absolute Gasteiger partial charge is 0.478 e. The Bertz CT molecular complexity index is 676. The summed E-state index contributed by atoms with van der Waals surface area (Å²) < 4.78 is 30.2. The number of rotatable bonds is 5. The van der Waals surface area contributed by atoms with Gasteiger partial charge in [-0.1, -0.05) is 0 Å². The second-order valence-electron chi connectivity index (χ2n) is 4.66. The maximum Gasteiger partial charge on any atom is 0.339 e. The molecular weight excluding hydrogens is 318 g/mol. The maximum absolute atomic E-state index is 11.9. The van der Waals surface area contributed by atoms with E-state index in [-0.39, 0.29) is 10.6 Å². The van der Waals surface area contributed by atoms with Crippen LogP contribution < -0.4 is 4.72 Å². The van der Waals surface area contributed by atoms with Crippen LogP contribution in [-0.2, 0) is 32.4 Å². The molecule has 9 heteroatoms. The van der Waals surface area contributed by atoms with Crippen LogP contribution in [0.1, 0.15) is 33.6 Å². The third-order valence-electron chi connectivity index (χ3n) is 3.17. The fourth-order valence-electron chi connectivity index (χ4n) is 2.26. The first-order valence-electron chi connectivity index (χ1n) is 6.29. The van der Waals surface area contributed by atoms with Crippen LogP contribution in [0, 0.1) is 0 Å². The molecule has 1 aliphatic rings. The van der Waals surface area contributed by atoms with Crippen LogP contribution in [0.2, 0.25) is 0 Å². The normalized spacial score (nSPS) is 14.3. The van der Waals surface area contributed by atoms with E-state index >= 15 is 0 Å². The highest BCUT2D eigenvalue weighted by atomic mass is 32.2. The molecule has 1 heterocycles. The van der Waals surface area contributed by atoms with Gasteiger partial charge in [0.2, 0.25) is 10.0 Å². The lowest BCUT2D eigenvalue weighted by Gasteiger charge is -2.10. The van der Waals surface area contributed by atoms with E-state index in [1.54, 1.807) is 0 Å². The Labute approximate surface area is 126 Å². The number of esters is 1. The molecule has 0 amide bonds. The number of hydrogen-bond acceptors (Lipinski definition) is 6. The van der Waals surface area contributed by atoms with Gasteiger partial charge < -0.3 is 9.84 Å². The second kappa shape index (κ2) is 6.02. The summed E-state index contributed by atoms with van der Waals surface area (Å²) in [7, 11) is -2.89. The van der Waals surface area contributed by atoms with Gasteiger partial charge in [0.25, 0.3) is 0 Å². The Hall–Kier alpha value is -1.61. The summed E-state index contributed by atoms with van der Waals surface area (Å²) in [6.07, 6.45) is 3.23. The SMILES string of the molecule is COC(=O)CS(=O)(=O)Nc1sc2c(c1C(=O)O)CCCC2. The predicted molar refractivity (Wildman–Crippen MR) is 77.3 cm³/mol. The second-order valence-corrected chi connectivity index (χ2v) is 7.48. The highest BCUT2D eigenvalue weighted by Gasteiger charge is 2.28. The Morgan fingerprint density at radius 2 is 2.00 bits per heavy atom. The van der Waals surface area contributed by atoms with Crippen molar-refractivity contribution < 1.29 is 27.9 Å². The monoisotopic (exact) mass is 333 g/mol. The molecule has 1 aliphatic carbocycles. The van der Waals surface area contributed by atoms with Crippen molar-refractivity contribution in [3.63, 3.8) is 0 Å². The van der Waals surface area contributed by atoms with Crippen molar-refractivity contribution in [3.05, 3.63) is 16.0 Å². The number of carboxylic acid groups (broad SMARTS) is 1. The number of fused-ring (bicyclic) bond motifs is 1. The Kier molecular flexibility index (Phi) is 4.52. The van der Waals surface area contributed by atoms with Gasteiger partial charge in [0, 0.05) is 4.88 Å².